The molecule has 0 aromatic heterocycles. The van der Waals surface area contributed by atoms with Crippen LogP contribution in [0.4, 0.5) is 17.6 Å². The molecule has 0 N–H and O–H groups in total. The van der Waals surface area contributed by atoms with Crippen molar-refractivity contribution in [1.29, 1.82) is 0 Å². The van der Waals surface area contributed by atoms with Crippen LogP contribution < -0.4 is 0 Å². The Morgan fingerprint density at radius 3 is 2.37 bits per heavy atom. The van der Waals surface area contributed by atoms with Gasteiger partial charge in [-0.15, -0.1) is 0 Å². The quantitative estimate of drug-likeness (QED) is 0.381. The van der Waals surface area contributed by atoms with E-state index in [1.807, 2.05) is 6.07 Å². The fourth-order valence-corrected chi connectivity index (χ4v) is 7.89. The zero-order chi connectivity index (χ0) is 27.3. The second kappa shape index (κ2) is 8.32. The van der Waals surface area contributed by atoms with Gasteiger partial charge in [0.05, 0.1) is 33.2 Å². The summed E-state index contributed by atoms with van der Waals surface area (Å²) in [6.45, 7) is 0.976. The molecule has 6 rings (SSSR count). The lowest BCUT2D eigenvalue weighted by atomic mass is 9.74. The molecule has 202 valence electrons. The smallest absolute Gasteiger partial charge is 0.374 e. The topological polar surface area (TPSA) is 76.0 Å². The largest absolute Gasteiger partial charge is 0.435 e. The van der Waals surface area contributed by atoms with Gasteiger partial charge in [0, 0.05) is 30.5 Å². The van der Waals surface area contributed by atoms with E-state index in [1.165, 1.54) is 0 Å². The minimum Gasteiger partial charge on any atom is -0.374 e. The van der Waals surface area contributed by atoms with Crippen molar-refractivity contribution in [3.63, 3.8) is 0 Å². The first-order valence-corrected chi connectivity index (χ1v) is 14.4. The van der Waals surface area contributed by atoms with Gasteiger partial charge in [0.1, 0.15) is 0 Å². The third-order valence-corrected chi connectivity index (χ3v) is 10.4. The maximum Gasteiger partial charge on any atom is 0.435 e. The van der Waals surface area contributed by atoms with E-state index in [1.54, 1.807) is 17.0 Å². The number of fused-ring (bicyclic) bond motifs is 2. The molecule has 2 fully saturated rings. The lowest BCUT2D eigenvalue weighted by molar-refractivity contribution is -0.275. The third-order valence-electron chi connectivity index (χ3n) is 8.08. The fraction of sp³-hybridized carbons (Fsp3) is 0.440. The fourth-order valence-electron chi connectivity index (χ4n) is 5.99. The summed E-state index contributed by atoms with van der Waals surface area (Å²) in [5.74, 6) is -1.84. The molecule has 38 heavy (non-hydrogen) atoms. The normalized spacial score (nSPS) is 25.4. The van der Waals surface area contributed by atoms with Crippen LogP contribution in [0.1, 0.15) is 35.1 Å². The highest BCUT2D eigenvalue weighted by Gasteiger charge is 2.62. The Hall–Kier alpha value is -2.37. The zero-order valence-electron chi connectivity index (χ0n) is 19.6. The van der Waals surface area contributed by atoms with Crippen molar-refractivity contribution in [2.75, 3.05) is 24.6 Å². The van der Waals surface area contributed by atoms with Crippen LogP contribution in [0.5, 0.6) is 0 Å². The molecule has 1 atom stereocenters. The van der Waals surface area contributed by atoms with E-state index in [0.29, 0.717) is 25.1 Å². The second-order valence-electron chi connectivity index (χ2n) is 10.5. The predicted octanol–water partition coefficient (Wildman–Crippen LogP) is 4.79. The number of carbonyl (C=O) groups excluding carboxylic acids is 1. The molecule has 0 saturated carbocycles. The van der Waals surface area contributed by atoms with Crippen molar-refractivity contribution in [2.45, 2.75) is 36.5 Å². The predicted molar refractivity (Wildman–Crippen MR) is 132 cm³/mol. The number of benzene rings is 2. The van der Waals surface area contributed by atoms with E-state index in [9.17, 15) is 30.8 Å². The number of likely N-dealkylation sites (tertiary alicyclic amines) is 1. The molecular weight excluding hydrogens is 571 g/mol. The molecule has 3 heterocycles. The summed E-state index contributed by atoms with van der Waals surface area (Å²) in [6, 6.07) is 7.04. The summed E-state index contributed by atoms with van der Waals surface area (Å²) in [4.78, 5) is 19.3. The van der Waals surface area contributed by atoms with Gasteiger partial charge in [-0.1, -0.05) is 40.5 Å². The SMILES string of the molecule is O=C(C1CS(=O)(=O)C1)N1CC2(CCc3cc(C4=NOC(c5cc(Cl)c(F)c(Cl)c5)(C(F)(F)F)C4)ccc32)C1. The number of rotatable bonds is 3. The van der Waals surface area contributed by atoms with Gasteiger partial charge < -0.3 is 9.74 Å². The number of sulfone groups is 1. The maximum atomic E-state index is 14.3. The van der Waals surface area contributed by atoms with Gasteiger partial charge >= 0.3 is 6.18 Å². The highest BCUT2D eigenvalue weighted by molar-refractivity contribution is 7.92. The van der Waals surface area contributed by atoms with Crippen LogP contribution in [0, 0.1) is 11.7 Å². The Kier molecular flexibility index (Phi) is 5.66. The molecule has 2 aromatic rings. The molecule has 4 aliphatic rings. The van der Waals surface area contributed by atoms with Crippen molar-refractivity contribution in [3.8, 4) is 0 Å². The van der Waals surface area contributed by atoms with Gasteiger partial charge in [0.15, 0.2) is 15.7 Å². The molecule has 1 amide bonds. The summed E-state index contributed by atoms with van der Waals surface area (Å²) >= 11 is 11.5. The Morgan fingerprint density at radius 1 is 1.11 bits per heavy atom. The summed E-state index contributed by atoms with van der Waals surface area (Å²) in [5.41, 5.74) is -1.01. The molecule has 1 aliphatic carbocycles. The van der Waals surface area contributed by atoms with Crippen molar-refractivity contribution >= 4 is 44.7 Å². The summed E-state index contributed by atoms with van der Waals surface area (Å²) in [6.07, 6.45) is -4.08. The van der Waals surface area contributed by atoms with Crippen molar-refractivity contribution in [2.24, 2.45) is 11.1 Å². The first-order chi connectivity index (χ1) is 17.7. The van der Waals surface area contributed by atoms with Crippen LogP contribution in [-0.2, 0) is 36.9 Å². The Bertz CT molecular complexity index is 1490. The molecule has 3 aliphatic heterocycles. The first kappa shape index (κ1) is 25.9. The molecule has 2 saturated heterocycles. The summed E-state index contributed by atoms with van der Waals surface area (Å²) < 4.78 is 79.7. The highest BCUT2D eigenvalue weighted by atomic mass is 35.5. The van der Waals surface area contributed by atoms with Crippen LogP contribution in [0.2, 0.25) is 10.0 Å². The maximum absolute atomic E-state index is 14.3. The lowest BCUT2D eigenvalue weighted by Crippen LogP contribution is -2.63. The number of oxime groups is 1. The number of aryl methyl sites for hydroxylation is 1. The number of hydrogen-bond donors (Lipinski definition) is 0. The molecule has 1 unspecified atom stereocenters. The van der Waals surface area contributed by atoms with Gasteiger partial charge in [-0.25, -0.2) is 12.8 Å². The summed E-state index contributed by atoms with van der Waals surface area (Å²) in [7, 11) is -3.09. The monoisotopic (exact) mass is 590 g/mol. The Labute approximate surface area is 225 Å². The average Bonchev–Trinajstić information content (AvgIpc) is 3.42. The second-order valence-corrected chi connectivity index (χ2v) is 13.5. The first-order valence-electron chi connectivity index (χ1n) is 11.8. The standard InChI is InChI=1S/C25H20Cl2F4N2O4S/c26-18-6-16(7-19(27)21(18)28)24(25(29,30)31)8-20(32-37-24)14-1-2-17-13(5-14)3-4-23(17)11-33(12-23)22(34)15-9-38(35,36)10-15/h1-2,5-7,15H,3-4,8-12H2. The third kappa shape index (κ3) is 3.83. The van der Waals surface area contributed by atoms with Gasteiger partial charge in [0.25, 0.3) is 5.60 Å². The summed E-state index contributed by atoms with van der Waals surface area (Å²) in [5, 5.41) is 2.67. The van der Waals surface area contributed by atoms with Crippen LogP contribution in [0.3, 0.4) is 0 Å². The molecule has 0 bridgehead atoms. The highest BCUT2D eigenvalue weighted by Crippen LogP contribution is 2.51. The van der Waals surface area contributed by atoms with E-state index in [-0.39, 0.29) is 28.5 Å². The van der Waals surface area contributed by atoms with Crippen LogP contribution in [-0.4, -0.2) is 55.7 Å². The van der Waals surface area contributed by atoms with E-state index in [4.69, 9.17) is 28.0 Å². The Morgan fingerprint density at radius 2 is 1.76 bits per heavy atom. The number of carbonyl (C=O) groups is 1. The molecule has 2 aromatic carbocycles. The van der Waals surface area contributed by atoms with Crippen LogP contribution in [0.25, 0.3) is 0 Å². The number of hydrogen-bond acceptors (Lipinski definition) is 5. The number of alkyl halides is 3. The minimum absolute atomic E-state index is 0.0826. The van der Waals surface area contributed by atoms with Gasteiger partial charge in [-0.3, -0.25) is 4.79 Å². The molecule has 13 heteroatoms. The number of amides is 1. The molecule has 1 spiro atoms. The van der Waals surface area contributed by atoms with Crippen molar-refractivity contribution < 1.29 is 35.6 Å². The van der Waals surface area contributed by atoms with E-state index in [2.05, 4.69) is 5.16 Å². The van der Waals surface area contributed by atoms with Crippen molar-refractivity contribution in [1.82, 2.24) is 4.90 Å². The molecule has 0 radical (unpaired) electrons. The van der Waals surface area contributed by atoms with Gasteiger partial charge in [-0.2, -0.15) is 13.2 Å². The van der Waals surface area contributed by atoms with E-state index in [0.717, 1.165) is 29.7 Å². The molecule has 6 nitrogen and oxygen atoms in total. The Balaban J connectivity index is 1.22. The van der Waals surface area contributed by atoms with E-state index < -0.39 is 55.4 Å². The minimum atomic E-state index is -4.90. The van der Waals surface area contributed by atoms with Crippen LogP contribution >= 0.6 is 23.2 Å². The number of nitrogens with zero attached hydrogens (tertiary/aromatic N) is 2. The van der Waals surface area contributed by atoms with E-state index >= 15 is 0 Å². The number of halogens is 6. The average molecular weight is 591 g/mol. The van der Waals surface area contributed by atoms with Crippen LogP contribution in [0.15, 0.2) is 35.5 Å². The zero-order valence-corrected chi connectivity index (χ0v) is 21.9. The van der Waals surface area contributed by atoms with Gasteiger partial charge in [-0.05, 0) is 47.7 Å². The lowest BCUT2D eigenvalue weighted by Gasteiger charge is -2.50. The van der Waals surface area contributed by atoms with Gasteiger partial charge in [0.2, 0.25) is 5.91 Å². The molecular formula is C25H20Cl2F4N2O4S. The van der Waals surface area contributed by atoms with Crippen molar-refractivity contribution in [3.05, 3.63) is 68.4 Å².